The largest absolute Gasteiger partial charge is 0.338 e. The summed E-state index contributed by atoms with van der Waals surface area (Å²) in [6, 6.07) is 2.91. The van der Waals surface area contributed by atoms with E-state index in [2.05, 4.69) is 10.6 Å². The number of hydrogen-bond donors (Lipinski definition) is 2. The fourth-order valence-corrected chi connectivity index (χ4v) is 2.70. The normalized spacial score (nSPS) is 14.1. The highest BCUT2D eigenvalue weighted by Gasteiger charge is 2.13. The van der Waals surface area contributed by atoms with Gasteiger partial charge in [-0.15, -0.1) is 0 Å². The fourth-order valence-electron chi connectivity index (χ4n) is 1.92. The highest BCUT2D eigenvalue weighted by Crippen LogP contribution is 2.17. The van der Waals surface area contributed by atoms with Crippen LogP contribution in [0, 0.1) is 11.6 Å². The van der Waals surface area contributed by atoms with E-state index in [1.165, 1.54) is 6.07 Å². The first-order valence-electron chi connectivity index (χ1n) is 7.25. The zero-order chi connectivity index (χ0) is 17.6. The molecule has 1 rings (SSSR count). The van der Waals surface area contributed by atoms with Gasteiger partial charge < -0.3 is 10.6 Å². The van der Waals surface area contributed by atoms with Gasteiger partial charge in [-0.2, -0.15) is 0 Å². The summed E-state index contributed by atoms with van der Waals surface area (Å²) in [5, 5.41) is 5.26. The molecule has 0 saturated heterocycles. The third kappa shape index (κ3) is 7.40. The van der Waals surface area contributed by atoms with Gasteiger partial charge in [-0.05, 0) is 37.0 Å². The first-order chi connectivity index (χ1) is 10.6. The molecule has 0 saturated carbocycles. The number of carbonyl (C=O) groups is 1. The Labute approximate surface area is 135 Å². The van der Waals surface area contributed by atoms with Crippen molar-refractivity contribution in [1.82, 2.24) is 10.6 Å². The van der Waals surface area contributed by atoms with Crippen LogP contribution >= 0.6 is 0 Å². The number of urea groups is 1. The van der Waals surface area contributed by atoms with Gasteiger partial charge in [-0.3, -0.25) is 0 Å². The summed E-state index contributed by atoms with van der Waals surface area (Å²) in [5.74, 6) is -2.03. The minimum atomic E-state index is -3.06. The van der Waals surface area contributed by atoms with Crippen LogP contribution in [0.3, 0.4) is 0 Å². The Balaban J connectivity index is 2.41. The van der Waals surface area contributed by atoms with Crippen molar-refractivity contribution < 1.29 is 22.0 Å². The Kier molecular flexibility index (Phi) is 6.93. The molecule has 0 aliphatic rings. The third-order valence-corrected chi connectivity index (χ3v) is 4.36. The molecule has 0 fully saturated rings. The lowest BCUT2D eigenvalue weighted by atomic mass is 10.0. The lowest BCUT2D eigenvalue weighted by molar-refractivity contribution is 0.237. The molecule has 2 atom stereocenters. The summed E-state index contributed by atoms with van der Waals surface area (Å²) in [6.07, 6.45) is 1.47. The van der Waals surface area contributed by atoms with Crippen molar-refractivity contribution >= 4 is 15.9 Å². The minimum Gasteiger partial charge on any atom is -0.338 e. The van der Waals surface area contributed by atoms with Crippen LogP contribution in [0.4, 0.5) is 13.6 Å². The van der Waals surface area contributed by atoms with Gasteiger partial charge in [0, 0.05) is 18.8 Å². The summed E-state index contributed by atoms with van der Waals surface area (Å²) in [5.41, 5.74) is 0.578. The molecule has 5 nitrogen and oxygen atoms in total. The molecule has 1 aromatic carbocycles. The summed E-state index contributed by atoms with van der Waals surface area (Å²) in [7, 11) is -3.06. The zero-order valence-electron chi connectivity index (χ0n) is 13.4. The molecular formula is C15H22F2N2O3S. The van der Waals surface area contributed by atoms with E-state index in [4.69, 9.17) is 0 Å². The van der Waals surface area contributed by atoms with E-state index >= 15 is 0 Å². The van der Waals surface area contributed by atoms with Crippen LogP contribution < -0.4 is 10.6 Å². The summed E-state index contributed by atoms with van der Waals surface area (Å²) in [6.45, 7) is 3.74. The highest BCUT2D eigenvalue weighted by molar-refractivity contribution is 7.90. The summed E-state index contributed by atoms with van der Waals surface area (Å²) >= 11 is 0. The molecule has 8 heteroatoms. The van der Waals surface area contributed by atoms with Gasteiger partial charge in [0.2, 0.25) is 0 Å². The smallest absolute Gasteiger partial charge is 0.315 e. The second kappa shape index (κ2) is 8.24. The number of amides is 2. The van der Waals surface area contributed by atoms with Gasteiger partial charge in [0.25, 0.3) is 0 Å². The Bertz CT molecular complexity index is 650. The molecule has 23 heavy (non-hydrogen) atoms. The second-order valence-electron chi connectivity index (χ2n) is 5.75. The van der Waals surface area contributed by atoms with E-state index in [0.29, 0.717) is 12.0 Å². The maximum absolute atomic E-state index is 13.2. The zero-order valence-corrected chi connectivity index (χ0v) is 14.2. The number of rotatable bonds is 7. The minimum absolute atomic E-state index is 0.000292. The van der Waals surface area contributed by atoms with E-state index in [-0.39, 0.29) is 24.3 Å². The molecule has 0 spiro atoms. The second-order valence-corrected chi connectivity index (χ2v) is 8.01. The van der Waals surface area contributed by atoms with Gasteiger partial charge in [0.15, 0.2) is 11.6 Å². The van der Waals surface area contributed by atoms with E-state index in [0.717, 1.165) is 18.4 Å². The Morgan fingerprint density at radius 3 is 2.43 bits per heavy atom. The predicted octanol–water partition coefficient (Wildman–Crippen LogP) is 2.19. The molecule has 0 heterocycles. The van der Waals surface area contributed by atoms with Crippen molar-refractivity contribution in [2.24, 2.45) is 0 Å². The van der Waals surface area contributed by atoms with Gasteiger partial charge in [-0.1, -0.05) is 13.0 Å². The first-order valence-corrected chi connectivity index (χ1v) is 9.31. The Morgan fingerprint density at radius 1 is 1.22 bits per heavy atom. The van der Waals surface area contributed by atoms with Crippen molar-refractivity contribution in [2.75, 3.05) is 18.6 Å². The molecule has 2 amide bonds. The number of benzene rings is 1. The van der Waals surface area contributed by atoms with Crippen molar-refractivity contribution in [3.05, 3.63) is 35.4 Å². The van der Waals surface area contributed by atoms with Gasteiger partial charge in [0.1, 0.15) is 9.84 Å². The molecule has 130 valence electrons. The Morgan fingerprint density at radius 2 is 1.87 bits per heavy atom. The number of nitrogens with one attached hydrogen (secondary N) is 2. The van der Waals surface area contributed by atoms with Crippen molar-refractivity contribution in [3.63, 3.8) is 0 Å². The van der Waals surface area contributed by atoms with Crippen molar-refractivity contribution in [3.8, 4) is 0 Å². The third-order valence-electron chi connectivity index (χ3n) is 3.38. The van der Waals surface area contributed by atoms with Crippen LogP contribution in [0.25, 0.3) is 0 Å². The van der Waals surface area contributed by atoms with Crippen LogP contribution in [-0.2, 0) is 9.84 Å². The number of hydrogen-bond acceptors (Lipinski definition) is 3. The molecule has 0 aliphatic heterocycles. The van der Waals surface area contributed by atoms with Crippen molar-refractivity contribution in [1.29, 1.82) is 0 Å². The SMILES string of the molecule is C[C@H](CNC(=O)N[C@@H](C)CCS(C)(=O)=O)c1ccc(F)c(F)c1. The van der Waals surface area contributed by atoms with Crippen LogP contribution in [0.1, 0.15) is 31.7 Å². The summed E-state index contributed by atoms with van der Waals surface area (Å²) in [4.78, 5) is 11.7. The van der Waals surface area contributed by atoms with Crippen LogP contribution in [0.15, 0.2) is 18.2 Å². The molecule has 0 aliphatic carbocycles. The van der Waals surface area contributed by atoms with Crippen LogP contribution in [0.5, 0.6) is 0 Å². The average molecular weight is 348 g/mol. The molecule has 0 aromatic heterocycles. The van der Waals surface area contributed by atoms with Crippen molar-refractivity contribution in [2.45, 2.75) is 32.2 Å². The maximum Gasteiger partial charge on any atom is 0.315 e. The molecule has 1 aromatic rings. The van der Waals surface area contributed by atoms with Crippen LogP contribution in [-0.4, -0.2) is 39.0 Å². The van der Waals surface area contributed by atoms with E-state index in [1.54, 1.807) is 13.8 Å². The Hall–Kier alpha value is -1.70. The topological polar surface area (TPSA) is 75.3 Å². The fraction of sp³-hybridized carbons (Fsp3) is 0.533. The quantitative estimate of drug-likeness (QED) is 0.793. The van der Waals surface area contributed by atoms with Gasteiger partial charge in [0.05, 0.1) is 5.75 Å². The van der Waals surface area contributed by atoms with Crippen LogP contribution in [0.2, 0.25) is 0 Å². The lowest BCUT2D eigenvalue weighted by Gasteiger charge is -2.17. The number of sulfone groups is 1. The number of carbonyl (C=O) groups excluding carboxylic acids is 1. The van der Waals surface area contributed by atoms with E-state index < -0.39 is 27.5 Å². The van der Waals surface area contributed by atoms with E-state index in [1.807, 2.05) is 0 Å². The van der Waals surface area contributed by atoms with Gasteiger partial charge in [-0.25, -0.2) is 22.0 Å². The monoisotopic (exact) mass is 348 g/mol. The first kappa shape index (κ1) is 19.3. The molecule has 2 N–H and O–H groups in total. The highest BCUT2D eigenvalue weighted by atomic mass is 32.2. The number of halogens is 2. The average Bonchev–Trinajstić information content (AvgIpc) is 2.45. The van der Waals surface area contributed by atoms with Gasteiger partial charge >= 0.3 is 6.03 Å². The van der Waals surface area contributed by atoms with E-state index in [9.17, 15) is 22.0 Å². The summed E-state index contributed by atoms with van der Waals surface area (Å²) < 4.78 is 48.2. The molecular weight excluding hydrogens is 326 g/mol. The molecule has 0 radical (unpaired) electrons. The maximum atomic E-state index is 13.2. The molecule has 0 unspecified atom stereocenters. The standard InChI is InChI=1S/C15H22F2N2O3S/c1-10(12-4-5-13(16)14(17)8-12)9-18-15(20)19-11(2)6-7-23(3,21)22/h4-5,8,10-11H,6-7,9H2,1-3H3,(H2,18,19,20)/t10-,11+/m1/s1. The predicted molar refractivity (Wildman–Crippen MR) is 85.1 cm³/mol. The lowest BCUT2D eigenvalue weighted by Crippen LogP contribution is -2.42. The molecule has 0 bridgehead atoms.